The van der Waals surface area contributed by atoms with Crippen molar-refractivity contribution in [1.82, 2.24) is 5.32 Å². The van der Waals surface area contributed by atoms with Gasteiger partial charge in [0.25, 0.3) is 10.0 Å². The molecule has 8 heteroatoms. The van der Waals surface area contributed by atoms with Gasteiger partial charge in [-0.2, -0.15) is 0 Å². The first kappa shape index (κ1) is 21.7. The summed E-state index contributed by atoms with van der Waals surface area (Å²) in [6, 6.07) is 12.8. The standard InChI is InChI=1S/C20H26N2O5S/c1-15-5-7-17(8-6-15)22(13-20(23)21-16(2)14-26-3)28(24,25)19-11-9-18(27-4)10-12-19/h5-12,16H,13-14H2,1-4H3,(H,21,23)/t16-/m1/s1. The van der Waals surface area contributed by atoms with E-state index in [9.17, 15) is 13.2 Å². The largest absolute Gasteiger partial charge is 0.497 e. The molecule has 0 unspecified atom stereocenters. The zero-order valence-electron chi connectivity index (χ0n) is 16.5. The highest BCUT2D eigenvalue weighted by atomic mass is 32.2. The van der Waals surface area contributed by atoms with Crippen LogP contribution in [-0.2, 0) is 19.6 Å². The topological polar surface area (TPSA) is 84.9 Å². The number of carbonyl (C=O) groups is 1. The van der Waals surface area contributed by atoms with Crippen molar-refractivity contribution in [3.8, 4) is 5.75 Å². The lowest BCUT2D eigenvalue weighted by atomic mass is 10.2. The van der Waals surface area contributed by atoms with E-state index in [1.54, 1.807) is 43.3 Å². The first-order valence-electron chi connectivity index (χ1n) is 8.79. The first-order valence-corrected chi connectivity index (χ1v) is 10.2. The summed E-state index contributed by atoms with van der Waals surface area (Å²) in [7, 11) is -0.905. The number of aryl methyl sites for hydroxylation is 1. The van der Waals surface area contributed by atoms with Gasteiger partial charge in [0, 0.05) is 13.2 Å². The fourth-order valence-electron chi connectivity index (χ4n) is 2.64. The normalized spacial score (nSPS) is 12.3. The molecule has 0 heterocycles. The van der Waals surface area contributed by atoms with Crippen LogP contribution in [0.5, 0.6) is 5.75 Å². The maximum atomic E-state index is 13.2. The first-order chi connectivity index (χ1) is 13.3. The quantitative estimate of drug-likeness (QED) is 0.691. The molecule has 1 atom stereocenters. The lowest BCUT2D eigenvalue weighted by Crippen LogP contribution is -2.44. The molecule has 0 aromatic heterocycles. The lowest BCUT2D eigenvalue weighted by molar-refractivity contribution is -0.120. The van der Waals surface area contributed by atoms with E-state index in [4.69, 9.17) is 9.47 Å². The third kappa shape index (κ3) is 5.46. The molecule has 1 amide bonds. The van der Waals surface area contributed by atoms with Gasteiger partial charge in [0.15, 0.2) is 0 Å². The van der Waals surface area contributed by atoms with Crippen molar-refractivity contribution in [2.75, 3.05) is 31.7 Å². The summed E-state index contributed by atoms with van der Waals surface area (Å²) >= 11 is 0. The number of benzene rings is 2. The van der Waals surface area contributed by atoms with Gasteiger partial charge in [-0.1, -0.05) is 17.7 Å². The Balaban J connectivity index is 2.36. The number of hydrogen-bond donors (Lipinski definition) is 1. The Bertz CT molecular complexity index is 880. The molecule has 152 valence electrons. The number of carbonyl (C=O) groups excluding carboxylic acids is 1. The minimum absolute atomic E-state index is 0.0756. The van der Waals surface area contributed by atoms with Crippen LogP contribution in [0, 0.1) is 6.92 Å². The van der Waals surface area contributed by atoms with E-state index in [-0.39, 0.29) is 17.5 Å². The highest BCUT2D eigenvalue weighted by Gasteiger charge is 2.27. The Morgan fingerprint density at radius 3 is 2.21 bits per heavy atom. The van der Waals surface area contributed by atoms with Crippen LogP contribution in [-0.4, -0.2) is 47.7 Å². The summed E-state index contributed by atoms with van der Waals surface area (Å²) in [5, 5.41) is 2.74. The highest BCUT2D eigenvalue weighted by molar-refractivity contribution is 7.92. The van der Waals surface area contributed by atoms with Crippen molar-refractivity contribution >= 4 is 21.6 Å². The molecule has 0 aliphatic heterocycles. The fraction of sp³-hybridized carbons (Fsp3) is 0.350. The van der Waals surface area contributed by atoms with Crippen LogP contribution in [0.2, 0.25) is 0 Å². The molecule has 0 aliphatic rings. The molecular formula is C20H26N2O5S. The van der Waals surface area contributed by atoms with Gasteiger partial charge in [0.2, 0.25) is 5.91 Å². The molecule has 2 aromatic carbocycles. The SMILES string of the molecule is COC[C@@H](C)NC(=O)CN(c1ccc(C)cc1)S(=O)(=O)c1ccc(OC)cc1. The van der Waals surface area contributed by atoms with Gasteiger partial charge in [-0.15, -0.1) is 0 Å². The maximum Gasteiger partial charge on any atom is 0.264 e. The third-order valence-corrected chi connectivity index (χ3v) is 5.87. The predicted molar refractivity (Wildman–Crippen MR) is 108 cm³/mol. The summed E-state index contributed by atoms with van der Waals surface area (Å²) in [6.45, 7) is 3.69. The zero-order chi connectivity index (χ0) is 20.7. The Hall–Kier alpha value is -2.58. The number of ether oxygens (including phenoxy) is 2. The number of nitrogens with zero attached hydrogens (tertiary/aromatic N) is 1. The van der Waals surface area contributed by atoms with Gasteiger partial charge >= 0.3 is 0 Å². The van der Waals surface area contributed by atoms with E-state index < -0.39 is 15.9 Å². The van der Waals surface area contributed by atoms with Gasteiger partial charge in [0.1, 0.15) is 12.3 Å². The summed E-state index contributed by atoms with van der Waals surface area (Å²) < 4.78 is 37.7. The van der Waals surface area contributed by atoms with E-state index >= 15 is 0 Å². The molecule has 28 heavy (non-hydrogen) atoms. The average Bonchev–Trinajstić information content (AvgIpc) is 2.67. The molecule has 0 spiro atoms. The van der Waals surface area contributed by atoms with Gasteiger partial charge in [0.05, 0.1) is 24.3 Å². The van der Waals surface area contributed by atoms with Gasteiger partial charge in [-0.25, -0.2) is 8.42 Å². The zero-order valence-corrected chi connectivity index (χ0v) is 17.3. The molecule has 7 nitrogen and oxygen atoms in total. The van der Waals surface area contributed by atoms with E-state index in [1.807, 2.05) is 6.92 Å². The van der Waals surface area contributed by atoms with Crippen LogP contribution in [0.25, 0.3) is 0 Å². The number of amides is 1. The smallest absolute Gasteiger partial charge is 0.264 e. The molecule has 0 aliphatic carbocycles. The Morgan fingerprint density at radius 1 is 1.07 bits per heavy atom. The minimum Gasteiger partial charge on any atom is -0.497 e. The van der Waals surface area contributed by atoms with E-state index in [2.05, 4.69) is 5.32 Å². The number of nitrogens with one attached hydrogen (secondary N) is 1. The second-order valence-corrected chi connectivity index (χ2v) is 8.31. The molecule has 0 bridgehead atoms. The van der Waals surface area contributed by atoms with Crippen molar-refractivity contribution in [2.24, 2.45) is 0 Å². The number of methoxy groups -OCH3 is 2. The lowest BCUT2D eigenvalue weighted by Gasteiger charge is -2.25. The van der Waals surface area contributed by atoms with Crippen LogP contribution in [0.3, 0.4) is 0 Å². The third-order valence-electron chi connectivity index (χ3n) is 4.08. The Kier molecular flexibility index (Phi) is 7.42. The molecule has 0 saturated heterocycles. The Morgan fingerprint density at radius 2 is 1.68 bits per heavy atom. The maximum absolute atomic E-state index is 13.2. The van der Waals surface area contributed by atoms with Crippen molar-refractivity contribution < 1.29 is 22.7 Å². The monoisotopic (exact) mass is 406 g/mol. The fourth-order valence-corrected chi connectivity index (χ4v) is 4.06. The summed E-state index contributed by atoms with van der Waals surface area (Å²) in [5.41, 5.74) is 1.40. The van der Waals surface area contributed by atoms with E-state index in [1.165, 1.54) is 26.4 Å². The second-order valence-electron chi connectivity index (χ2n) is 6.45. The van der Waals surface area contributed by atoms with Crippen molar-refractivity contribution in [2.45, 2.75) is 24.8 Å². The van der Waals surface area contributed by atoms with Crippen LogP contribution < -0.4 is 14.4 Å². The number of sulfonamides is 1. The molecule has 0 fully saturated rings. The summed E-state index contributed by atoms with van der Waals surface area (Å²) in [5.74, 6) is 0.134. The number of anilines is 1. The average molecular weight is 407 g/mol. The molecule has 0 saturated carbocycles. The number of rotatable bonds is 9. The van der Waals surface area contributed by atoms with Gasteiger partial charge < -0.3 is 14.8 Å². The van der Waals surface area contributed by atoms with Crippen molar-refractivity contribution in [1.29, 1.82) is 0 Å². The highest BCUT2D eigenvalue weighted by Crippen LogP contribution is 2.25. The van der Waals surface area contributed by atoms with Crippen molar-refractivity contribution in [3.63, 3.8) is 0 Å². The Labute approximate surface area is 166 Å². The van der Waals surface area contributed by atoms with Crippen LogP contribution in [0.1, 0.15) is 12.5 Å². The van der Waals surface area contributed by atoms with Crippen LogP contribution in [0.15, 0.2) is 53.4 Å². The molecular weight excluding hydrogens is 380 g/mol. The van der Waals surface area contributed by atoms with Crippen molar-refractivity contribution in [3.05, 3.63) is 54.1 Å². The van der Waals surface area contributed by atoms with Gasteiger partial charge in [-0.05, 0) is 50.2 Å². The predicted octanol–water partition coefficient (Wildman–Crippen LogP) is 2.35. The van der Waals surface area contributed by atoms with E-state index in [0.717, 1.165) is 9.87 Å². The summed E-state index contributed by atoms with van der Waals surface area (Å²) in [6.07, 6.45) is 0. The molecule has 2 rings (SSSR count). The minimum atomic E-state index is -3.95. The molecule has 0 radical (unpaired) electrons. The van der Waals surface area contributed by atoms with Gasteiger partial charge in [-0.3, -0.25) is 9.10 Å². The second kappa shape index (κ2) is 9.57. The summed E-state index contributed by atoms with van der Waals surface area (Å²) in [4.78, 5) is 12.5. The van der Waals surface area contributed by atoms with Crippen LogP contribution in [0.4, 0.5) is 5.69 Å². The van der Waals surface area contributed by atoms with Crippen LogP contribution >= 0.6 is 0 Å². The number of hydrogen-bond acceptors (Lipinski definition) is 5. The molecule has 2 aromatic rings. The van der Waals surface area contributed by atoms with E-state index in [0.29, 0.717) is 18.0 Å². The molecule has 1 N–H and O–H groups in total.